The van der Waals surface area contributed by atoms with E-state index in [0.717, 1.165) is 50.5 Å². The first-order chi connectivity index (χ1) is 18.7. The van der Waals surface area contributed by atoms with Crippen LogP contribution in [0.1, 0.15) is 56.6 Å². The fourth-order valence-corrected chi connectivity index (χ4v) is 5.94. The van der Waals surface area contributed by atoms with Gasteiger partial charge in [-0.1, -0.05) is 61.5 Å². The molecule has 1 fully saturated rings. The molecule has 1 aliphatic rings. The molecule has 40 heavy (non-hydrogen) atoms. The zero-order chi connectivity index (χ0) is 29.7. The molecule has 1 saturated carbocycles. The van der Waals surface area contributed by atoms with Crippen LogP contribution in [0.4, 0.5) is 18.9 Å². The number of benzene rings is 2. The average molecular weight is 623 g/mol. The monoisotopic (exact) mass is 621 g/mol. The molecule has 2 aromatic rings. The van der Waals surface area contributed by atoms with Gasteiger partial charge in [-0.3, -0.25) is 13.9 Å². The highest BCUT2D eigenvalue weighted by molar-refractivity contribution is 7.92. The molecule has 2 amide bonds. The summed E-state index contributed by atoms with van der Waals surface area (Å²) in [6.45, 7) is 0.869. The van der Waals surface area contributed by atoms with Crippen LogP contribution < -0.4 is 9.62 Å². The van der Waals surface area contributed by atoms with Crippen molar-refractivity contribution < 1.29 is 31.2 Å². The lowest BCUT2D eigenvalue weighted by molar-refractivity contribution is -0.140. The van der Waals surface area contributed by atoms with Crippen LogP contribution in [0.25, 0.3) is 0 Å². The lowest BCUT2D eigenvalue weighted by Crippen LogP contribution is -2.53. The Morgan fingerprint density at radius 2 is 1.68 bits per heavy atom. The van der Waals surface area contributed by atoms with Gasteiger partial charge in [0.2, 0.25) is 21.8 Å². The average Bonchev–Trinajstić information content (AvgIpc) is 2.88. The molecule has 0 aliphatic heterocycles. The van der Waals surface area contributed by atoms with Crippen molar-refractivity contribution in [1.29, 1.82) is 0 Å². The second-order valence-corrected chi connectivity index (χ2v) is 12.6. The molecule has 0 heterocycles. The first-order valence-corrected chi connectivity index (χ1v) is 15.5. The molecule has 1 N–H and O–H groups in total. The van der Waals surface area contributed by atoms with Gasteiger partial charge in [0.25, 0.3) is 0 Å². The van der Waals surface area contributed by atoms with Crippen LogP contribution in [-0.2, 0) is 32.3 Å². The summed E-state index contributed by atoms with van der Waals surface area (Å²) in [7, 11) is -4.22. The van der Waals surface area contributed by atoms with Crippen LogP contribution in [-0.4, -0.2) is 50.0 Å². The second kappa shape index (κ2) is 13.4. The van der Waals surface area contributed by atoms with Crippen molar-refractivity contribution in [2.24, 2.45) is 0 Å². The van der Waals surface area contributed by atoms with Gasteiger partial charge in [-0.2, -0.15) is 13.2 Å². The predicted molar refractivity (Wildman–Crippen MR) is 150 cm³/mol. The fourth-order valence-electron chi connectivity index (χ4n) is 4.75. The van der Waals surface area contributed by atoms with Gasteiger partial charge in [-0.25, -0.2) is 8.42 Å². The Balaban J connectivity index is 1.96. The number of rotatable bonds is 10. The Morgan fingerprint density at radius 1 is 1.05 bits per heavy atom. The maximum Gasteiger partial charge on any atom is 0.417 e. The number of nitrogens with one attached hydrogen (secondary N) is 1. The number of amides is 2. The first-order valence-electron chi connectivity index (χ1n) is 12.9. The zero-order valence-electron chi connectivity index (χ0n) is 22.2. The number of hydrogen-bond acceptors (Lipinski definition) is 4. The van der Waals surface area contributed by atoms with Gasteiger partial charge in [0, 0.05) is 17.6 Å². The molecule has 7 nitrogen and oxygen atoms in total. The summed E-state index contributed by atoms with van der Waals surface area (Å²) in [6, 6.07) is 8.26. The van der Waals surface area contributed by atoms with E-state index >= 15 is 0 Å². The minimum Gasteiger partial charge on any atom is -0.352 e. The first kappa shape index (κ1) is 32.0. The van der Waals surface area contributed by atoms with Crippen molar-refractivity contribution in [2.75, 3.05) is 17.1 Å². The van der Waals surface area contributed by atoms with E-state index in [9.17, 15) is 31.2 Å². The molecule has 1 atom stereocenters. The summed E-state index contributed by atoms with van der Waals surface area (Å²) in [5, 5.41) is 2.88. The van der Waals surface area contributed by atoms with Crippen LogP contribution in [0.2, 0.25) is 10.0 Å². The Bertz CT molecular complexity index is 1300. The number of halogens is 5. The lowest BCUT2D eigenvalue weighted by Gasteiger charge is -2.34. The Morgan fingerprint density at radius 3 is 2.23 bits per heavy atom. The van der Waals surface area contributed by atoms with Crippen LogP contribution in [0, 0.1) is 0 Å². The normalized spacial score (nSPS) is 15.4. The maximum atomic E-state index is 13.8. The van der Waals surface area contributed by atoms with E-state index < -0.39 is 45.3 Å². The zero-order valence-corrected chi connectivity index (χ0v) is 24.5. The molecule has 0 aromatic heterocycles. The van der Waals surface area contributed by atoms with E-state index in [1.807, 2.05) is 0 Å². The van der Waals surface area contributed by atoms with E-state index in [-0.39, 0.29) is 30.6 Å². The molecule has 1 unspecified atom stereocenters. The topological polar surface area (TPSA) is 86.8 Å². The SMILES string of the molecule is CCC(C(=O)NC1CCCCC1)N(Cc1ccc(Cl)cc1)C(=O)CN(c1ccc(Cl)c(C(F)(F)F)c1)S(C)(=O)=O. The summed E-state index contributed by atoms with van der Waals surface area (Å²) >= 11 is 11.7. The quantitative estimate of drug-likeness (QED) is 0.351. The highest BCUT2D eigenvalue weighted by Crippen LogP contribution is 2.37. The van der Waals surface area contributed by atoms with Gasteiger partial charge in [0.1, 0.15) is 12.6 Å². The molecule has 220 valence electrons. The van der Waals surface area contributed by atoms with Crippen molar-refractivity contribution in [3.05, 3.63) is 63.6 Å². The lowest BCUT2D eigenvalue weighted by atomic mass is 9.95. The minimum absolute atomic E-state index is 0.0230. The number of carbonyl (C=O) groups is 2. The largest absolute Gasteiger partial charge is 0.417 e. The van der Waals surface area contributed by atoms with Gasteiger partial charge in [0.05, 0.1) is 22.5 Å². The molecule has 1 aliphatic carbocycles. The molecule has 0 spiro atoms. The summed E-state index contributed by atoms with van der Waals surface area (Å²) < 4.78 is 66.5. The van der Waals surface area contributed by atoms with Crippen LogP contribution >= 0.6 is 23.2 Å². The van der Waals surface area contributed by atoms with Gasteiger partial charge in [-0.05, 0) is 55.2 Å². The van der Waals surface area contributed by atoms with Gasteiger partial charge in [0.15, 0.2) is 0 Å². The second-order valence-electron chi connectivity index (χ2n) is 9.85. The van der Waals surface area contributed by atoms with E-state index in [4.69, 9.17) is 23.2 Å². The molecule has 0 saturated heterocycles. The summed E-state index contributed by atoms with van der Waals surface area (Å²) in [5.41, 5.74) is -0.971. The third-order valence-corrected chi connectivity index (χ3v) is 8.55. The molecular weight excluding hydrogens is 590 g/mol. The molecule has 0 radical (unpaired) electrons. The van der Waals surface area contributed by atoms with E-state index in [1.165, 1.54) is 4.90 Å². The molecule has 2 aromatic carbocycles. The number of anilines is 1. The molecule has 13 heteroatoms. The van der Waals surface area contributed by atoms with Crippen molar-refractivity contribution in [3.63, 3.8) is 0 Å². The van der Waals surface area contributed by atoms with Gasteiger partial charge >= 0.3 is 6.18 Å². The smallest absolute Gasteiger partial charge is 0.352 e. The van der Waals surface area contributed by atoms with Gasteiger partial charge in [-0.15, -0.1) is 0 Å². The van der Waals surface area contributed by atoms with Crippen LogP contribution in [0.3, 0.4) is 0 Å². The number of sulfonamides is 1. The Kier molecular flexibility index (Phi) is 10.8. The van der Waals surface area contributed by atoms with Crippen LogP contribution in [0.15, 0.2) is 42.5 Å². The van der Waals surface area contributed by atoms with Gasteiger partial charge < -0.3 is 10.2 Å². The molecule has 3 rings (SSSR count). The minimum atomic E-state index is -4.84. The number of nitrogens with zero attached hydrogens (tertiary/aromatic N) is 2. The Labute approximate surface area is 242 Å². The third-order valence-electron chi connectivity index (χ3n) is 6.83. The molecule has 0 bridgehead atoms. The maximum absolute atomic E-state index is 13.8. The highest BCUT2D eigenvalue weighted by Gasteiger charge is 2.36. The van der Waals surface area contributed by atoms with Crippen molar-refractivity contribution in [1.82, 2.24) is 10.2 Å². The third kappa shape index (κ3) is 8.50. The van der Waals surface area contributed by atoms with Crippen LogP contribution in [0.5, 0.6) is 0 Å². The van der Waals surface area contributed by atoms with Crippen molar-refractivity contribution in [2.45, 2.75) is 70.3 Å². The van der Waals surface area contributed by atoms with Crippen molar-refractivity contribution in [3.8, 4) is 0 Å². The number of alkyl halides is 3. The van der Waals surface area contributed by atoms with E-state index in [0.29, 0.717) is 21.0 Å². The summed E-state index contributed by atoms with van der Waals surface area (Å²) in [6.07, 6.45) is 0.895. The predicted octanol–water partition coefficient (Wildman–Crippen LogP) is 6.03. The number of carbonyl (C=O) groups excluding carboxylic acids is 2. The van der Waals surface area contributed by atoms with Crippen molar-refractivity contribution >= 4 is 50.7 Å². The number of hydrogen-bond donors (Lipinski definition) is 1. The van der Waals surface area contributed by atoms with E-state index in [2.05, 4.69) is 5.32 Å². The standard InChI is InChI=1S/C27H32Cl2F3N3O4S/c1-3-24(26(37)33-20-7-5-4-6-8-20)34(16-18-9-11-19(28)12-10-18)25(36)17-35(40(2,38)39)21-13-14-23(29)22(15-21)27(30,31)32/h9-15,20,24H,3-8,16-17H2,1-2H3,(H,33,37). The summed E-state index contributed by atoms with van der Waals surface area (Å²) in [5.74, 6) is -1.12. The Hall–Kier alpha value is -2.50. The fraction of sp³-hybridized carbons (Fsp3) is 0.481. The summed E-state index contributed by atoms with van der Waals surface area (Å²) in [4.78, 5) is 28.4. The van der Waals surface area contributed by atoms with E-state index in [1.54, 1.807) is 31.2 Å². The molecular formula is C27H32Cl2F3N3O4S. The highest BCUT2D eigenvalue weighted by atomic mass is 35.5.